The second-order valence-corrected chi connectivity index (χ2v) is 4.72. The Balaban J connectivity index is 2.17. The van der Waals surface area contributed by atoms with Crippen molar-refractivity contribution in [2.24, 2.45) is 5.73 Å². The first-order valence-corrected chi connectivity index (χ1v) is 6.14. The van der Waals surface area contributed by atoms with Crippen LogP contribution < -0.4 is 11.1 Å². The summed E-state index contributed by atoms with van der Waals surface area (Å²) >= 11 is 0. The summed E-state index contributed by atoms with van der Waals surface area (Å²) in [6, 6.07) is 1.90. The standard InChI is InChI=1S/C13H19N3O/c1-9-6-7-15-8-11(9)12(13(14)17)16-10-4-2-3-5-10/h6-8,10,12,16H,2-5H2,1H3,(H2,14,17). The third kappa shape index (κ3) is 2.82. The van der Waals surface area contributed by atoms with Crippen molar-refractivity contribution in [1.82, 2.24) is 10.3 Å². The predicted molar refractivity (Wildman–Crippen MR) is 66.3 cm³/mol. The molecule has 2 rings (SSSR count). The summed E-state index contributed by atoms with van der Waals surface area (Å²) in [6.45, 7) is 1.98. The van der Waals surface area contributed by atoms with Crippen molar-refractivity contribution in [2.45, 2.75) is 44.7 Å². The molecule has 1 aliphatic carbocycles. The van der Waals surface area contributed by atoms with Gasteiger partial charge in [-0.3, -0.25) is 15.1 Å². The van der Waals surface area contributed by atoms with E-state index in [0.717, 1.165) is 24.0 Å². The maximum Gasteiger partial charge on any atom is 0.239 e. The minimum atomic E-state index is -0.410. The van der Waals surface area contributed by atoms with E-state index in [-0.39, 0.29) is 5.91 Å². The van der Waals surface area contributed by atoms with E-state index in [1.54, 1.807) is 12.4 Å². The highest BCUT2D eigenvalue weighted by atomic mass is 16.1. The van der Waals surface area contributed by atoms with Crippen LogP contribution in [0.2, 0.25) is 0 Å². The second-order valence-electron chi connectivity index (χ2n) is 4.72. The van der Waals surface area contributed by atoms with E-state index in [4.69, 9.17) is 5.73 Å². The van der Waals surface area contributed by atoms with Gasteiger partial charge in [0, 0.05) is 18.4 Å². The molecule has 1 heterocycles. The summed E-state index contributed by atoms with van der Waals surface area (Å²) in [5.41, 5.74) is 7.43. The monoisotopic (exact) mass is 233 g/mol. The number of rotatable bonds is 4. The Hall–Kier alpha value is -1.42. The molecule has 1 aromatic heterocycles. The van der Waals surface area contributed by atoms with Crippen LogP contribution in [-0.2, 0) is 4.79 Å². The number of hydrogen-bond acceptors (Lipinski definition) is 3. The van der Waals surface area contributed by atoms with Gasteiger partial charge in [-0.05, 0) is 37.0 Å². The van der Waals surface area contributed by atoms with Gasteiger partial charge in [0.15, 0.2) is 0 Å². The minimum Gasteiger partial charge on any atom is -0.368 e. The summed E-state index contributed by atoms with van der Waals surface area (Å²) in [6.07, 6.45) is 8.18. The minimum absolute atomic E-state index is 0.326. The SMILES string of the molecule is Cc1ccncc1C(NC1CCCC1)C(N)=O. The highest BCUT2D eigenvalue weighted by molar-refractivity contribution is 5.81. The lowest BCUT2D eigenvalue weighted by Gasteiger charge is -2.21. The lowest BCUT2D eigenvalue weighted by Crippen LogP contribution is -2.39. The molecule has 0 aromatic carbocycles. The quantitative estimate of drug-likeness (QED) is 0.827. The molecule has 0 spiro atoms. The Kier molecular flexibility index (Phi) is 3.74. The van der Waals surface area contributed by atoms with Crippen LogP contribution in [0, 0.1) is 6.92 Å². The lowest BCUT2D eigenvalue weighted by atomic mass is 10.0. The molecule has 0 radical (unpaired) electrons. The smallest absolute Gasteiger partial charge is 0.239 e. The number of aryl methyl sites for hydroxylation is 1. The van der Waals surface area contributed by atoms with Crippen molar-refractivity contribution in [3.63, 3.8) is 0 Å². The summed E-state index contributed by atoms with van der Waals surface area (Å²) in [4.78, 5) is 15.6. The van der Waals surface area contributed by atoms with E-state index in [1.165, 1.54) is 12.8 Å². The fourth-order valence-corrected chi connectivity index (χ4v) is 2.43. The van der Waals surface area contributed by atoms with Crippen molar-refractivity contribution in [1.29, 1.82) is 0 Å². The molecule has 1 saturated carbocycles. The molecule has 1 fully saturated rings. The molecule has 3 N–H and O–H groups in total. The maximum absolute atomic E-state index is 11.6. The van der Waals surface area contributed by atoms with Crippen molar-refractivity contribution in [3.05, 3.63) is 29.6 Å². The average molecular weight is 233 g/mol. The zero-order valence-electron chi connectivity index (χ0n) is 10.1. The van der Waals surface area contributed by atoms with Gasteiger partial charge in [-0.1, -0.05) is 12.8 Å². The van der Waals surface area contributed by atoms with E-state index < -0.39 is 6.04 Å². The van der Waals surface area contributed by atoms with Gasteiger partial charge < -0.3 is 5.73 Å². The van der Waals surface area contributed by atoms with Crippen LogP contribution in [0.1, 0.15) is 42.9 Å². The lowest BCUT2D eigenvalue weighted by molar-refractivity contribution is -0.120. The molecule has 1 unspecified atom stereocenters. The molecule has 0 saturated heterocycles. The maximum atomic E-state index is 11.6. The van der Waals surface area contributed by atoms with Gasteiger partial charge >= 0.3 is 0 Å². The Morgan fingerprint density at radius 2 is 2.24 bits per heavy atom. The van der Waals surface area contributed by atoms with Gasteiger partial charge in [0.25, 0.3) is 0 Å². The van der Waals surface area contributed by atoms with Crippen LogP contribution >= 0.6 is 0 Å². The van der Waals surface area contributed by atoms with Crippen molar-refractivity contribution in [3.8, 4) is 0 Å². The number of aromatic nitrogens is 1. The van der Waals surface area contributed by atoms with Crippen LogP contribution in [0.5, 0.6) is 0 Å². The summed E-state index contributed by atoms with van der Waals surface area (Å²) in [5, 5.41) is 3.36. The third-order valence-electron chi connectivity index (χ3n) is 3.43. The Labute approximate surface area is 102 Å². The molecule has 1 atom stereocenters. The number of primary amides is 1. The fraction of sp³-hybridized carbons (Fsp3) is 0.538. The summed E-state index contributed by atoms with van der Waals surface area (Å²) in [7, 11) is 0. The van der Waals surface area contributed by atoms with E-state index in [0.29, 0.717) is 6.04 Å². The number of carbonyl (C=O) groups excluding carboxylic acids is 1. The van der Waals surface area contributed by atoms with Crippen LogP contribution in [-0.4, -0.2) is 16.9 Å². The molecular weight excluding hydrogens is 214 g/mol. The Bertz CT molecular complexity index is 399. The van der Waals surface area contributed by atoms with Crippen LogP contribution in [0.4, 0.5) is 0 Å². The summed E-state index contributed by atoms with van der Waals surface area (Å²) in [5.74, 6) is -0.326. The molecular formula is C13H19N3O. The molecule has 0 bridgehead atoms. The number of nitrogens with zero attached hydrogens (tertiary/aromatic N) is 1. The number of hydrogen-bond donors (Lipinski definition) is 2. The average Bonchev–Trinajstić information content (AvgIpc) is 2.79. The van der Waals surface area contributed by atoms with Gasteiger partial charge in [-0.2, -0.15) is 0 Å². The first-order valence-electron chi connectivity index (χ1n) is 6.14. The first-order chi connectivity index (χ1) is 8.18. The highest BCUT2D eigenvalue weighted by Gasteiger charge is 2.25. The van der Waals surface area contributed by atoms with Crippen molar-refractivity contribution < 1.29 is 4.79 Å². The number of pyridine rings is 1. The first kappa shape index (κ1) is 12.0. The molecule has 1 aliphatic rings. The Morgan fingerprint density at radius 1 is 1.53 bits per heavy atom. The van der Waals surface area contributed by atoms with E-state index in [2.05, 4.69) is 10.3 Å². The molecule has 4 heteroatoms. The zero-order chi connectivity index (χ0) is 12.3. The van der Waals surface area contributed by atoms with E-state index in [1.807, 2.05) is 13.0 Å². The Morgan fingerprint density at radius 3 is 2.82 bits per heavy atom. The normalized spacial score (nSPS) is 18.2. The molecule has 17 heavy (non-hydrogen) atoms. The number of nitrogens with one attached hydrogen (secondary N) is 1. The highest BCUT2D eigenvalue weighted by Crippen LogP contribution is 2.23. The molecule has 1 amide bonds. The third-order valence-corrected chi connectivity index (χ3v) is 3.43. The molecule has 1 aromatic rings. The van der Waals surface area contributed by atoms with Crippen LogP contribution in [0.25, 0.3) is 0 Å². The van der Waals surface area contributed by atoms with Gasteiger partial charge in [-0.25, -0.2) is 0 Å². The number of carbonyl (C=O) groups is 1. The molecule has 92 valence electrons. The predicted octanol–water partition coefficient (Wildman–Crippen LogP) is 1.45. The topological polar surface area (TPSA) is 68.0 Å². The fourth-order valence-electron chi connectivity index (χ4n) is 2.43. The van der Waals surface area contributed by atoms with Gasteiger partial charge in [0.1, 0.15) is 6.04 Å². The van der Waals surface area contributed by atoms with Crippen molar-refractivity contribution in [2.75, 3.05) is 0 Å². The van der Waals surface area contributed by atoms with Gasteiger partial charge in [0.2, 0.25) is 5.91 Å². The number of nitrogens with two attached hydrogens (primary N) is 1. The van der Waals surface area contributed by atoms with E-state index in [9.17, 15) is 4.79 Å². The van der Waals surface area contributed by atoms with Crippen molar-refractivity contribution >= 4 is 5.91 Å². The molecule has 0 aliphatic heterocycles. The second kappa shape index (κ2) is 5.27. The molecule has 4 nitrogen and oxygen atoms in total. The van der Waals surface area contributed by atoms with Crippen LogP contribution in [0.3, 0.4) is 0 Å². The summed E-state index contributed by atoms with van der Waals surface area (Å²) < 4.78 is 0. The van der Waals surface area contributed by atoms with E-state index >= 15 is 0 Å². The van der Waals surface area contributed by atoms with Gasteiger partial charge in [0.05, 0.1) is 0 Å². The van der Waals surface area contributed by atoms with Crippen LogP contribution in [0.15, 0.2) is 18.5 Å². The zero-order valence-corrected chi connectivity index (χ0v) is 10.1. The van der Waals surface area contributed by atoms with Gasteiger partial charge in [-0.15, -0.1) is 0 Å². The number of amides is 1. The largest absolute Gasteiger partial charge is 0.368 e.